The first-order valence-electron chi connectivity index (χ1n) is 8.97. The van der Waals surface area contributed by atoms with Gasteiger partial charge in [0.25, 0.3) is 5.56 Å². The lowest BCUT2D eigenvalue weighted by Crippen LogP contribution is -2.33. The van der Waals surface area contributed by atoms with Crippen molar-refractivity contribution in [2.24, 2.45) is 0 Å². The van der Waals surface area contributed by atoms with Gasteiger partial charge in [0.2, 0.25) is 15.7 Å². The fourth-order valence-electron chi connectivity index (χ4n) is 3.09. The molecule has 0 saturated heterocycles. The molecule has 31 heavy (non-hydrogen) atoms. The number of hydrogen-bond acceptors (Lipinski definition) is 4. The maximum atomic E-state index is 13.8. The highest BCUT2D eigenvalue weighted by atomic mass is 79.9. The van der Waals surface area contributed by atoms with Gasteiger partial charge in [-0.2, -0.15) is 0 Å². The number of anilines is 1. The Morgan fingerprint density at radius 1 is 1.06 bits per heavy atom. The maximum absolute atomic E-state index is 13.8. The van der Waals surface area contributed by atoms with Crippen LogP contribution in [0.25, 0.3) is 0 Å². The number of aryl methyl sites for hydroxylation is 2. The number of amides is 1. The van der Waals surface area contributed by atoms with E-state index in [0.29, 0.717) is 10.2 Å². The third-order valence-corrected chi connectivity index (χ3v) is 7.00. The fraction of sp³-hybridized carbons (Fsp3) is 0.143. The molecule has 162 valence electrons. The van der Waals surface area contributed by atoms with E-state index in [-0.39, 0.29) is 16.1 Å². The zero-order valence-electron chi connectivity index (χ0n) is 16.4. The van der Waals surface area contributed by atoms with Crippen molar-refractivity contribution in [1.29, 1.82) is 0 Å². The molecule has 3 rings (SSSR count). The van der Waals surface area contributed by atoms with Crippen LogP contribution in [-0.2, 0) is 21.2 Å². The molecule has 3 aromatic rings. The fourth-order valence-corrected chi connectivity index (χ4v) is 4.91. The molecule has 0 aliphatic carbocycles. The number of nitrogens with one attached hydrogen (secondary N) is 1. The summed E-state index contributed by atoms with van der Waals surface area (Å²) in [5.41, 5.74) is -0.689. The van der Waals surface area contributed by atoms with E-state index in [1.807, 2.05) is 0 Å². The molecule has 10 heteroatoms. The Bertz CT molecular complexity index is 1340. The number of hydrogen-bond donors (Lipinski definition) is 1. The lowest BCUT2D eigenvalue weighted by Gasteiger charge is -2.15. The molecule has 0 fully saturated rings. The van der Waals surface area contributed by atoms with E-state index in [1.54, 1.807) is 6.92 Å². The number of aromatic nitrogens is 1. The Labute approximate surface area is 185 Å². The molecule has 0 atom stereocenters. The molecule has 6 nitrogen and oxygen atoms in total. The van der Waals surface area contributed by atoms with Crippen molar-refractivity contribution in [2.75, 3.05) is 5.32 Å². The molecule has 0 spiro atoms. The van der Waals surface area contributed by atoms with Gasteiger partial charge in [-0.15, -0.1) is 0 Å². The van der Waals surface area contributed by atoms with Gasteiger partial charge in [-0.05, 0) is 61.9 Å². The van der Waals surface area contributed by atoms with Gasteiger partial charge in [0.05, 0.1) is 10.6 Å². The average molecular weight is 511 g/mol. The molecule has 0 unspecified atom stereocenters. The summed E-state index contributed by atoms with van der Waals surface area (Å²) in [6.45, 7) is 2.46. The minimum atomic E-state index is -4.16. The van der Waals surface area contributed by atoms with Crippen LogP contribution >= 0.6 is 15.9 Å². The van der Waals surface area contributed by atoms with Crippen molar-refractivity contribution < 1.29 is 22.0 Å². The second-order valence-electron chi connectivity index (χ2n) is 6.82. The van der Waals surface area contributed by atoms with Gasteiger partial charge in [-0.25, -0.2) is 17.2 Å². The van der Waals surface area contributed by atoms with E-state index >= 15 is 0 Å². The van der Waals surface area contributed by atoms with Gasteiger partial charge in [-0.1, -0.05) is 15.9 Å². The largest absolute Gasteiger partial charge is 0.322 e. The quantitative estimate of drug-likeness (QED) is 0.562. The Morgan fingerprint density at radius 2 is 1.71 bits per heavy atom. The molecule has 0 bridgehead atoms. The van der Waals surface area contributed by atoms with Crippen LogP contribution in [0.2, 0.25) is 0 Å². The van der Waals surface area contributed by atoms with Crippen LogP contribution in [0, 0.1) is 25.5 Å². The number of sulfone groups is 1. The molecular formula is C21H17BrF2N2O4S. The van der Waals surface area contributed by atoms with Gasteiger partial charge >= 0.3 is 0 Å². The summed E-state index contributed by atoms with van der Waals surface area (Å²) in [5.74, 6) is -2.41. The molecular weight excluding hydrogens is 494 g/mol. The van der Waals surface area contributed by atoms with E-state index in [1.165, 1.54) is 37.3 Å². The molecule has 1 heterocycles. The SMILES string of the molecule is Cc1cc(C)n(CC(=O)Nc2cc(F)ccc2F)c(=O)c1S(=O)(=O)c1ccc(Br)cc1. The topological polar surface area (TPSA) is 85.2 Å². The normalized spacial score (nSPS) is 11.4. The third-order valence-electron chi connectivity index (χ3n) is 4.55. The van der Waals surface area contributed by atoms with Crippen LogP contribution in [0.4, 0.5) is 14.5 Å². The van der Waals surface area contributed by atoms with Gasteiger partial charge in [0, 0.05) is 16.2 Å². The van der Waals surface area contributed by atoms with E-state index in [0.717, 1.165) is 22.8 Å². The van der Waals surface area contributed by atoms with Crippen LogP contribution in [-0.4, -0.2) is 18.9 Å². The van der Waals surface area contributed by atoms with Crippen molar-refractivity contribution in [1.82, 2.24) is 4.57 Å². The zero-order chi connectivity index (χ0) is 22.9. The van der Waals surface area contributed by atoms with E-state index in [9.17, 15) is 26.8 Å². The molecule has 0 saturated carbocycles. The molecule has 2 aromatic carbocycles. The monoisotopic (exact) mass is 510 g/mol. The highest BCUT2D eigenvalue weighted by Crippen LogP contribution is 2.23. The van der Waals surface area contributed by atoms with Gasteiger partial charge < -0.3 is 9.88 Å². The molecule has 0 radical (unpaired) electrons. The lowest BCUT2D eigenvalue weighted by atomic mass is 10.2. The average Bonchev–Trinajstić information content (AvgIpc) is 2.68. The number of carbonyl (C=O) groups excluding carboxylic acids is 1. The number of benzene rings is 2. The minimum absolute atomic E-state index is 0.0717. The minimum Gasteiger partial charge on any atom is -0.322 e. The number of rotatable bonds is 5. The summed E-state index contributed by atoms with van der Waals surface area (Å²) in [5, 5.41) is 2.20. The van der Waals surface area contributed by atoms with E-state index in [4.69, 9.17) is 0 Å². The smallest absolute Gasteiger partial charge is 0.270 e. The van der Waals surface area contributed by atoms with Gasteiger partial charge in [-0.3, -0.25) is 9.59 Å². The van der Waals surface area contributed by atoms with Crippen molar-refractivity contribution >= 4 is 37.4 Å². The second-order valence-corrected chi connectivity index (χ2v) is 9.62. The van der Waals surface area contributed by atoms with E-state index < -0.39 is 44.4 Å². The van der Waals surface area contributed by atoms with Crippen LogP contribution in [0.3, 0.4) is 0 Å². The van der Waals surface area contributed by atoms with Crippen molar-refractivity contribution in [2.45, 2.75) is 30.2 Å². The van der Waals surface area contributed by atoms with Gasteiger partial charge in [0.1, 0.15) is 23.1 Å². The van der Waals surface area contributed by atoms with Crippen LogP contribution in [0.5, 0.6) is 0 Å². The highest BCUT2D eigenvalue weighted by Gasteiger charge is 2.26. The van der Waals surface area contributed by atoms with Crippen molar-refractivity contribution in [3.63, 3.8) is 0 Å². The van der Waals surface area contributed by atoms with E-state index in [2.05, 4.69) is 21.2 Å². The summed E-state index contributed by atoms with van der Waals surface area (Å²) < 4.78 is 54.9. The Morgan fingerprint density at radius 3 is 2.35 bits per heavy atom. The summed E-state index contributed by atoms with van der Waals surface area (Å²) >= 11 is 3.23. The molecule has 1 aromatic heterocycles. The number of carbonyl (C=O) groups is 1. The molecule has 1 amide bonds. The summed E-state index contributed by atoms with van der Waals surface area (Å²) in [6, 6.07) is 9.84. The number of nitrogens with zero attached hydrogens (tertiary/aromatic N) is 1. The van der Waals surface area contributed by atoms with Crippen LogP contribution < -0.4 is 10.9 Å². The number of pyridine rings is 1. The summed E-state index contributed by atoms with van der Waals surface area (Å²) in [4.78, 5) is 24.9. The molecule has 1 N–H and O–H groups in total. The first-order chi connectivity index (χ1) is 14.5. The Balaban J connectivity index is 2.01. The number of halogens is 3. The molecule has 0 aliphatic heterocycles. The van der Waals surface area contributed by atoms with Crippen LogP contribution in [0.15, 0.2) is 67.6 Å². The first-order valence-corrected chi connectivity index (χ1v) is 11.2. The standard InChI is InChI=1S/C21H17BrF2N2O4S/c1-12-9-13(2)26(11-19(27)25-18-10-15(23)5-8-17(18)24)21(28)20(12)31(29,30)16-6-3-14(22)4-7-16/h3-10H,11H2,1-2H3,(H,25,27). The van der Waals surface area contributed by atoms with Crippen molar-refractivity contribution in [3.8, 4) is 0 Å². The summed E-state index contributed by atoms with van der Waals surface area (Å²) in [7, 11) is -4.16. The maximum Gasteiger partial charge on any atom is 0.270 e. The Hall–Kier alpha value is -2.85. The third kappa shape index (κ3) is 4.75. The first kappa shape index (κ1) is 22.8. The molecule has 0 aliphatic rings. The Kier molecular flexibility index (Phi) is 6.42. The zero-order valence-corrected chi connectivity index (χ0v) is 18.9. The van der Waals surface area contributed by atoms with Crippen molar-refractivity contribution in [3.05, 3.63) is 86.2 Å². The summed E-state index contributed by atoms with van der Waals surface area (Å²) in [6.07, 6.45) is 0. The van der Waals surface area contributed by atoms with Crippen LogP contribution in [0.1, 0.15) is 11.3 Å². The lowest BCUT2D eigenvalue weighted by molar-refractivity contribution is -0.116. The second kappa shape index (κ2) is 8.72. The predicted octanol–water partition coefficient (Wildman–Crippen LogP) is 3.98. The highest BCUT2D eigenvalue weighted by molar-refractivity contribution is 9.10. The predicted molar refractivity (Wildman–Crippen MR) is 115 cm³/mol. The van der Waals surface area contributed by atoms with Gasteiger partial charge in [0.15, 0.2) is 0 Å².